The molecule has 2 aromatic rings. The summed E-state index contributed by atoms with van der Waals surface area (Å²) in [5, 5.41) is 2.95. The molecular weight excluding hydrogens is 420 g/mol. The van der Waals surface area contributed by atoms with E-state index in [2.05, 4.69) is 21.2 Å². The quantitative estimate of drug-likeness (QED) is 0.640. The molecule has 0 saturated carbocycles. The van der Waals surface area contributed by atoms with Crippen molar-refractivity contribution in [2.24, 2.45) is 5.92 Å². The smallest absolute Gasteiger partial charge is 0.227 e. The van der Waals surface area contributed by atoms with E-state index >= 15 is 0 Å². The second-order valence-electron chi connectivity index (χ2n) is 6.92. The summed E-state index contributed by atoms with van der Waals surface area (Å²) in [6.45, 7) is 1.79. The molecule has 1 saturated heterocycles. The van der Waals surface area contributed by atoms with Crippen molar-refractivity contribution in [3.63, 3.8) is 0 Å². The molecule has 148 valence electrons. The Morgan fingerprint density at radius 3 is 2.54 bits per heavy atom. The number of benzene rings is 2. The molecule has 0 spiro atoms. The lowest BCUT2D eigenvalue weighted by Gasteiger charge is -2.31. The summed E-state index contributed by atoms with van der Waals surface area (Å²) in [4.78, 5) is 26.6. The van der Waals surface area contributed by atoms with Gasteiger partial charge in [-0.05, 0) is 49.6 Å². The van der Waals surface area contributed by atoms with Crippen LogP contribution in [0.2, 0.25) is 0 Å². The molecule has 0 aliphatic carbocycles. The molecule has 5 nitrogen and oxygen atoms in total. The zero-order valence-corrected chi connectivity index (χ0v) is 17.4. The molecule has 0 aromatic heterocycles. The summed E-state index contributed by atoms with van der Waals surface area (Å²) in [6.07, 6.45) is 2.56. The van der Waals surface area contributed by atoms with Crippen molar-refractivity contribution >= 4 is 33.4 Å². The van der Waals surface area contributed by atoms with Crippen molar-refractivity contribution in [3.05, 3.63) is 59.1 Å². The van der Waals surface area contributed by atoms with Gasteiger partial charge >= 0.3 is 0 Å². The average Bonchev–Trinajstić information content (AvgIpc) is 2.72. The molecule has 0 unspecified atom stereocenters. The molecule has 1 heterocycles. The number of anilines is 1. The van der Waals surface area contributed by atoms with Gasteiger partial charge in [-0.2, -0.15) is 0 Å². The van der Waals surface area contributed by atoms with E-state index in [1.165, 1.54) is 0 Å². The predicted octanol–water partition coefficient (Wildman–Crippen LogP) is 4.49. The normalized spacial score (nSPS) is 14.5. The summed E-state index contributed by atoms with van der Waals surface area (Å²) in [7, 11) is 0. The Morgan fingerprint density at radius 1 is 1.07 bits per heavy atom. The first-order valence-corrected chi connectivity index (χ1v) is 10.4. The molecule has 0 radical (unpaired) electrons. The molecule has 3 rings (SSSR count). The molecule has 28 heavy (non-hydrogen) atoms. The second kappa shape index (κ2) is 10.3. The Hall–Kier alpha value is -2.34. The zero-order chi connectivity index (χ0) is 19.8. The van der Waals surface area contributed by atoms with Crippen molar-refractivity contribution in [2.75, 3.05) is 25.0 Å². The summed E-state index contributed by atoms with van der Waals surface area (Å²) < 4.78 is 6.65. The number of carbonyl (C=O) groups is 2. The highest BCUT2D eigenvalue weighted by Crippen LogP contribution is 2.21. The Bertz CT molecular complexity index is 789. The Kier molecular flexibility index (Phi) is 7.48. The Balaban J connectivity index is 1.35. The van der Waals surface area contributed by atoms with Gasteiger partial charge in [-0.1, -0.05) is 40.2 Å². The maximum absolute atomic E-state index is 12.4. The van der Waals surface area contributed by atoms with Gasteiger partial charge in [0.05, 0.1) is 6.61 Å². The maximum Gasteiger partial charge on any atom is 0.227 e. The number of likely N-dealkylation sites (tertiary alicyclic amines) is 1. The lowest BCUT2D eigenvalue weighted by Crippen LogP contribution is -2.41. The minimum Gasteiger partial charge on any atom is -0.494 e. The van der Waals surface area contributed by atoms with Gasteiger partial charge in [0.2, 0.25) is 11.8 Å². The van der Waals surface area contributed by atoms with Crippen LogP contribution in [-0.2, 0) is 9.59 Å². The standard InChI is InChI=1S/C22H25BrN2O3/c23-18-6-4-9-20(16-18)28-15-5-10-21(26)25-13-11-17(12-14-25)22(27)24-19-7-2-1-3-8-19/h1-4,6-9,16-17H,5,10-15H2,(H,24,27). The lowest BCUT2D eigenvalue weighted by atomic mass is 9.95. The van der Waals surface area contributed by atoms with Gasteiger partial charge in [-0.25, -0.2) is 0 Å². The highest BCUT2D eigenvalue weighted by Gasteiger charge is 2.27. The van der Waals surface area contributed by atoms with Crippen LogP contribution >= 0.6 is 15.9 Å². The fourth-order valence-electron chi connectivity index (χ4n) is 3.29. The molecule has 2 aromatic carbocycles. The molecule has 1 aliphatic rings. The Labute approximate surface area is 174 Å². The van der Waals surface area contributed by atoms with E-state index in [0.717, 1.165) is 15.9 Å². The van der Waals surface area contributed by atoms with Crippen LogP contribution in [0.5, 0.6) is 5.75 Å². The van der Waals surface area contributed by atoms with Crippen LogP contribution in [0.3, 0.4) is 0 Å². The lowest BCUT2D eigenvalue weighted by molar-refractivity contribution is -0.134. The van der Waals surface area contributed by atoms with Gasteiger partial charge in [0.15, 0.2) is 0 Å². The number of piperidine rings is 1. The van der Waals surface area contributed by atoms with Crippen LogP contribution in [0.1, 0.15) is 25.7 Å². The topological polar surface area (TPSA) is 58.6 Å². The van der Waals surface area contributed by atoms with Crippen molar-refractivity contribution in [2.45, 2.75) is 25.7 Å². The SMILES string of the molecule is O=C(Nc1ccccc1)C1CCN(C(=O)CCCOc2cccc(Br)c2)CC1. The van der Waals surface area contributed by atoms with Crippen LogP contribution in [0.25, 0.3) is 0 Å². The molecule has 1 aliphatic heterocycles. The number of para-hydroxylation sites is 1. The van der Waals surface area contributed by atoms with Crippen LogP contribution in [-0.4, -0.2) is 36.4 Å². The van der Waals surface area contributed by atoms with E-state index in [9.17, 15) is 9.59 Å². The molecule has 1 N–H and O–H groups in total. The second-order valence-corrected chi connectivity index (χ2v) is 7.84. The summed E-state index contributed by atoms with van der Waals surface area (Å²) in [5.41, 5.74) is 0.816. The minimum atomic E-state index is -0.0379. The van der Waals surface area contributed by atoms with Crippen LogP contribution in [0.4, 0.5) is 5.69 Å². The number of nitrogens with zero attached hydrogens (tertiary/aromatic N) is 1. The van der Waals surface area contributed by atoms with E-state index in [4.69, 9.17) is 4.74 Å². The van der Waals surface area contributed by atoms with Gasteiger partial charge in [0, 0.05) is 35.6 Å². The molecule has 0 bridgehead atoms. The van der Waals surface area contributed by atoms with E-state index < -0.39 is 0 Å². The predicted molar refractivity (Wildman–Crippen MR) is 113 cm³/mol. The minimum absolute atomic E-state index is 0.0379. The van der Waals surface area contributed by atoms with Gasteiger partial charge in [0.1, 0.15) is 5.75 Å². The van der Waals surface area contributed by atoms with Crippen molar-refractivity contribution < 1.29 is 14.3 Å². The summed E-state index contributed by atoms with van der Waals surface area (Å²) in [6, 6.07) is 17.2. The third kappa shape index (κ3) is 6.09. The summed E-state index contributed by atoms with van der Waals surface area (Å²) in [5.74, 6) is 0.941. The Morgan fingerprint density at radius 2 is 1.82 bits per heavy atom. The number of hydrogen-bond acceptors (Lipinski definition) is 3. The number of rotatable bonds is 7. The third-order valence-electron chi connectivity index (χ3n) is 4.86. The van der Waals surface area contributed by atoms with Gasteiger partial charge in [-0.3, -0.25) is 9.59 Å². The first-order chi connectivity index (χ1) is 13.6. The fraction of sp³-hybridized carbons (Fsp3) is 0.364. The number of amides is 2. The first-order valence-electron chi connectivity index (χ1n) is 9.64. The van der Waals surface area contributed by atoms with Crippen molar-refractivity contribution in [1.82, 2.24) is 4.90 Å². The number of hydrogen-bond donors (Lipinski definition) is 1. The summed E-state index contributed by atoms with van der Waals surface area (Å²) >= 11 is 3.41. The van der Waals surface area contributed by atoms with Crippen LogP contribution in [0.15, 0.2) is 59.1 Å². The van der Waals surface area contributed by atoms with E-state index in [-0.39, 0.29) is 17.7 Å². The monoisotopic (exact) mass is 444 g/mol. The van der Waals surface area contributed by atoms with E-state index in [1.807, 2.05) is 59.5 Å². The number of ether oxygens (including phenoxy) is 1. The van der Waals surface area contributed by atoms with Gasteiger partial charge in [-0.15, -0.1) is 0 Å². The molecular formula is C22H25BrN2O3. The van der Waals surface area contributed by atoms with Crippen LogP contribution < -0.4 is 10.1 Å². The fourth-order valence-corrected chi connectivity index (χ4v) is 3.66. The highest BCUT2D eigenvalue weighted by molar-refractivity contribution is 9.10. The molecule has 0 atom stereocenters. The van der Waals surface area contributed by atoms with Crippen LogP contribution in [0, 0.1) is 5.92 Å². The molecule has 6 heteroatoms. The number of nitrogens with one attached hydrogen (secondary N) is 1. The van der Waals surface area contributed by atoms with E-state index in [0.29, 0.717) is 45.4 Å². The number of halogens is 1. The average molecular weight is 445 g/mol. The largest absolute Gasteiger partial charge is 0.494 e. The third-order valence-corrected chi connectivity index (χ3v) is 5.35. The van der Waals surface area contributed by atoms with Gasteiger partial charge in [0.25, 0.3) is 0 Å². The van der Waals surface area contributed by atoms with Gasteiger partial charge < -0.3 is 15.0 Å². The number of carbonyl (C=O) groups excluding carboxylic acids is 2. The zero-order valence-electron chi connectivity index (χ0n) is 15.8. The molecule has 1 fully saturated rings. The van der Waals surface area contributed by atoms with Crippen molar-refractivity contribution in [3.8, 4) is 5.75 Å². The maximum atomic E-state index is 12.4. The molecule has 2 amide bonds. The first kappa shape index (κ1) is 20.4. The highest BCUT2D eigenvalue weighted by atomic mass is 79.9. The van der Waals surface area contributed by atoms with E-state index in [1.54, 1.807) is 0 Å². The van der Waals surface area contributed by atoms with Crippen molar-refractivity contribution in [1.29, 1.82) is 0 Å².